The normalized spacial score (nSPS) is 18.4. The summed E-state index contributed by atoms with van der Waals surface area (Å²) in [4.78, 5) is 18.5. The monoisotopic (exact) mass is 402 g/mol. The molecule has 1 amide bonds. The van der Waals surface area contributed by atoms with Crippen LogP contribution in [0.4, 0.5) is 5.69 Å². The van der Waals surface area contributed by atoms with E-state index in [0.717, 1.165) is 22.0 Å². The maximum Gasteiger partial charge on any atom is 0.268 e. The van der Waals surface area contributed by atoms with E-state index in [1.165, 1.54) is 0 Å². The molecule has 1 unspecified atom stereocenters. The summed E-state index contributed by atoms with van der Waals surface area (Å²) in [6.07, 6.45) is 1.71. The molecule has 1 atom stereocenters. The van der Waals surface area contributed by atoms with Gasteiger partial charge >= 0.3 is 0 Å². The lowest BCUT2D eigenvalue weighted by molar-refractivity contribution is -0.132. The molecule has 0 fully saturated rings. The highest BCUT2D eigenvalue weighted by molar-refractivity contribution is 6.31. The average Bonchev–Trinajstić information content (AvgIpc) is 3.24. The van der Waals surface area contributed by atoms with Gasteiger partial charge in [-0.1, -0.05) is 54.1 Å². The van der Waals surface area contributed by atoms with Gasteiger partial charge in [0.05, 0.1) is 12.2 Å². The Morgan fingerprint density at radius 1 is 1.03 bits per heavy atom. The van der Waals surface area contributed by atoms with Crippen molar-refractivity contribution >= 4 is 34.1 Å². The van der Waals surface area contributed by atoms with Crippen LogP contribution in [0.3, 0.4) is 0 Å². The quantitative estimate of drug-likeness (QED) is 0.511. The number of anilines is 1. The van der Waals surface area contributed by atoms with Gasteiger partial charge in [0.25, 0.3) is 5.91 Å². The first kappa shape index (κ1) is 18.0. The summed E-state index contributed by atoms with van der Waals surface area (Å²) in [5, 5.41) is 13.1. The number of nitrogens with one attached hydrogen (secondary N) is 1. The number of aromatic nitrogens is 1. The highest BCUT2D eigenvalue weighted by Crippen LogP contribution is 2.47. The molecule has 3 aromatic carbocycles. The van der Waals surface area contributed by atoms with Crippen LogP contribution in [0.1, 0.15) is 22.3 Å². The summed E-state index contributed by atoms with van der Waals surface area (Å²) >= 11 is 6.26. The van der Waals surface area contributed by atoms with Gasteiger partial charge in [0.15, 0.2) is 5.60 Å². The molecule has 0 saturated carbocycles. The summed E-state index contributed by atoms with van der Waals surface area (Å²) in [5.74, 6) is -0.372. The first-order valence-corrected chi connectivity index (χ1v) is 9.83. The van der Waals surface area contributed by atoms with E-state index >= 15 is 0 Å². The van der Waals surface area contributed by atoms with E-state index in [0.29, 0.717) is 28.4 Å². The number of aliphatic hydroxyl groups is 1. The third kappa shape index (κ3) is 2.60. The van der Waals surface area contributed by atoms with Crippen molar-refractivity contribution < 1.29 is 9.90 Å². The molecule has 1 aliphatic rings. The van der Waals surface area contributed by atoms with Crippen LogP contribution in [0.15, 0.2) is 72.9 Å². The molecule has 0 bridgehead atoms. The third-order valence-electron chi connectivity index (χ3n) is 5.76. The Morgan fingerprint density at radius 3 is 2.62 bits per heavy atom. The predicted octanol–water partition coefficient (Wildman–Crippen LogP) is 4.91. The van der Waals surface area contributed by atoms with Crippen molar-refractivity contribution in [3.05, 3.63) is 100 Å². The average molecular weight is 403 g/mol. The molecule has 0 spiro atoms. The zero-order valence-corrected chi connectivity index (χ0v) is 16.6. The van der Waals surface area contributed by atoms with E-state index in [2.05, 4.69) is 4.98 Å². The molecule has 5 rings (SSSR count). The minimum absolute atomic E-state index is 0.372. The Hall–Kier alpha value is -3.08. The first-order valence-electron chi connectivity index (χ1n) is 9.45. The molecule has 2 heterocycles. The van der Waals surface area contributed by atoms with Crippen molar-refractivity contribution in [2.24, 2.45) is 0 Å². The van der Waals surface area contributed by atoms with Crippen LogP contribution in [-0.4, -0.2) is 16.0 Å². The van der Waals surface area contributed by atoms with Crippen LogP contribution in [0, 0.1) is 6.92 Å². The lowest BCUT2D eigenvalue weighted by Gasteiger charge is -2.23. The Bertz CT molecular complexity index is 1260. The van der Waals surface area contributed by atoms with Gasteiger partial charge < -0.3 is 15.0 Å². The Labute approximate surface area is 173 Å². The standard InChI is InChI=1S/C24H19ClN2O2/c1-15-6-2-3-7-16(15)14-27-22-11-10-17(25)12-19(22)24(29,23(27)28)20-13-26-21-9-5-4-8-18(20)21/h2-13,26,29H,14H2,1H3. The molecule has 29 heavy (non-hydrogen) atoms. The lowest BCUT2D eigenvalue weighted by Crippen LogP contribution is -2.40. The zero-order valence-electron chi connectivity index (χ0n) is 15.8. The van der Waals surface area contributed by atoms with Gasteiger partial charge in [-0.25, -0.2) is 0 Å². The SMILES string of the molecule is Cc1ccccc1CN1C(=O)C(O)(c2c[nH]c3ccccc23)c2cc(Cl)ccc21. The maximum absolute atomic E-state index is 13.7. The van der Waals surface area contributed by atoms with Crippen LogP contribution in [-0.2, 0) is 16.9 Å². The highest BCUT2D eigenvalue weighted by Gasteiger charge is 2.52. The number of para-hydroxylation sites is 1. The second-order valence-corrected chi connectivity index (χ2v) is 7.87. The van der Waals surface area contributed by atoms with Crippen molar-refractivity contribution in [3.8, 4) is 0 Å². The molecular formula is C24H19ClN2O2. The van der Waals surface area contributed by atoms with Crippen molar-refractivity contribution in [1.82, 2.24) is 4.98 Å². The Morgan fingerprint density at radius 2 is 1.79 bits per heavy atom. The largest absolute Gasteiger partial charge is 0.372 e. The number of rotatable bonds is 3. The second kappa shape index (κ2) is 6.48. The number of aryl methyl sites for hydroxylation is 1. The Kier molecular flexibility index (Phi) is 4.02. The van der Waals surface area contributed by atoms with E-state index < -0.39 is 5.60 Å². The van der Waals surface area contributed by atoms with Crippen molar-refractivity contribution in [1.29, 1.82) is 0 Å². The van der Waals surface area contributed by atoms with Crippen LogP contribution >= 0.6 is 11.6 Å². The minimum atomic E-state index is -1.80. The molecule has 2 N–H and O–H groups in total. The van der Waals surface area contributed by atoms with Gasteiger partial charge in [0.2, 0.25) is 0 Å². The van der Waals surface area contributed by atoms with Gasteiger partial charge in [0.1, 0.15) is 0 Å². The summed E-state index contributed by atoms with van der Waals surface area (Å²) in [5.41, 5.74) is 2.91. The van der Waals surface area contributed by atoms with Gasteiger partial charge in [-0.15, -0.1) is 0 Å². The number of H-pyrrole nitrogens is 1. The molecule has 5 heteroatoms. The Balaban J connectivity index is 1.70. The van der Waals surface area contributed by atoms with E-state index in [1.54, 1.807) is 29.3 Å². The fraction of sp³-hybridized carbons (Fsp3) is 0.125. The molecular weight excluding hydrogens is 384 g/mol. The van der Waals surface area contributed by atoms with Crippen LogP contribution in [0.2, 0.25) is 5.02 Å². The van der Waals surface area contributed by atoms with Crippen LogP contribution in [0.5, 0.6) is 0 Å². The summed E-state index contributed by atoms with van der Waals surface area (Å²) in [7, 11) is 0. The fourth-order valence-electron chi connectivity index (χ4n) is 4.20. The minimum Gasteiger partial charge on any atom is -0.372 e. The number of carbonyl (C=O) groups is 1. The molecule has 0 aliphatic carbocycles. The number of aromatic amines is 1. The van der Waals surface area contributed by atoms with Crippen LogP contribution in [0.25, 0.3) is 10.9 Å². The molecule has 0 saturated heterocycles. The predicted molar refractivity (Wildman–Crippen MR) is 115 cm³/mol. The fourth-order valence-corrected chi connectivity index (χ4v) is 4.37. The molecule has 144 valence electrons. The topological polar surface area (TPSA) is 56.3 Å². The van der Waals surface area contributed by atoms with E-state index in [1.807, 2.05) is 55.5 Å². The van der Waals surface area contributed by atoms with E-state index in [4.69, 9.17) is 11.6 Å². The molecule has 1 aliphatic heterocycles. The van der Waals surface area contributed by atoms with Gasteiger partial charge in [0, 0.05) is 33.2 Å². The van der Waals surface area contributed by atoms with Gasteiger partial charge in [-0.2, -0.15) is 0 Å². The summed E-state index contributed by atoms with van der Waals surface area (Å²) in [6.45, 7) is 2.40. The number of halogens is 1. The summed E-state index contributed by atoms with van der Waals surface area (Å²) < 4.78 is 0. The molecule has 0 radical (unpaired) electrons. The zero-order chi connectivity index (χ0) is 20.2. The highest BCUT2D eigenvalue weighted by atomic mass is 35.5. The lowest BCUT2D eigenvalue weighted by atomic mass is 9.87. The molecule has 4 nitrogen and oxygen atoms in total. The van der Waals surface area contributed by atoms with Crippen molar-refractivity contribution in [2.75, 3.05) is 4.90 Å². The number of hydrogen-bond donors (Lipinski definition) is 2. The van der Waals surface area contributed by atoms with Crippen molar-refractivity contribution in [2.45, 2.75) is 19.1 Å². The molecule has 1 aromatic heterocycles. The number of amides is 1. The number of carbonyl (C=O) groups excluding carboxylic acids is 1. The van der Waals surface area contributed by atoms with E-state index in [-0.39, 0.29) is 5.91 Å². The molecule has 4 aromatic rings. The number of benzene rings is 3. The number of hydrogen-bond acceptors (Lipinski definition) is 2. The second-order valence-electron chi connectivity index (χ2n) is 7.44. The van der Waals surface area contributed by atoms with Crippen LogP contribution < -0.4 is 4.90 Å². The third-order valence-corrected chi connectivity index (χ3v) is 6.00. The van der Waals surface area contributed by atoms with Crippen molar-refractivity contribution in [3.63, 3.8) is 0 Å². The number of nitrogens with zero attached hydrogens (tertiary/aromatic N) is 1. The first-order chi connectivity index (χ1) is 14.0. The maximum atomic E-state index is 13.7. The van der Waals surface area contributed by atoms with Gasteiger partial charge in [-0.3, -0.25) is 4.79 Å². The summed E-state index contributed by atoms with van der Waals surface area (Å²) in [6, 6.07) is 20.8. The number of fused-ring (bicyclic) bond motifs is 2. The van der Waals surface area contributed by atoms with Gasteiger partial charge in [-0.05, 0) is 42.3 Å². The van der Waals surface area contributed by atoms with E-state index in [9.17, 15) is 9.90 Å². The smallest absolute Gasteiger partial charge is 0.268 e.